The first kappa shape index (κ1) is 18.9. The van der Waals surface area contributed by atoms with E-state index in [2.05, 4.69) is 16.7 Å². The number of carbonyl (C=O) groups is 2. The highest BCUT2D eigenvalue weighted by molar-refractivity contribution is 5.92. The molecule has 3 fully saturated rings. The van der Waals surface area contributed by atoms with Crippen molar-refractivity contribution < 1.29 is 9.59 Å². The second-order valence-electron chi connectivity index (χ2n) is 7.90. The van der Waals surface area contributed by atoms with Crippen molar-refractivity contribution in [3.8, 4) is 0 Å². The average Bonchev–Trinajstić information content (AvgIpc) is 3.33. The van der Waals surface area contributed by atoms with E-state index in [1.54, 1.807) is 12.1 Å². The van der Waals surface area contributed by atoms with Crippen molar-refractivity contribution in [3.05, 3.63) is 35.4 Å². The molecule has 26 heavy (non-hydrogen) atoms. The summed E-state index contributed by atoms with van der Waals surface area (Å²) in [5.74, 6) is 0.307. The monoisotopic (exact) mass is 357 g/mol. The third-order valence-electron chi connectivity index (χ3n) is 6.26. The lowest BCUT2D eigenvalue weighted by atomic mass is 9.90. The number of benzene rings is 1. The zero-order valence-corrected chi connectivity index (χ0v) is 14.9. The highest BCUT2D eigenvalue weighted by atomic mass is 16.2. The van der Waals surface area contributed by atoms with Crippen molar-refractivity contribution in [2.75, 3.05) is 19.6 Å². The van der Waals surface area contributed by atoms with E-state index in [-0.39, 0.29) is 13.3 Å². The summed E-state index contributed by atoms with van der Waals surface area (Å²) in [6.45, 7) is 5.08. The Kier molecular flexibility index (Phi) is 5.37. The Morgan fingerprint density at radius 1 is 1.12 bits per heavy atom. The van der Waals surface area contributed by atoms with Crippen molar-refractivity contribution in [1.29, 1.82) is 0 Å². The van der Waals surface area contributed by atoms with E-state index in [0.717, 1.165) is 37.7 Å². The number of hydrogen-bond acceptors (Lipinski definition) is 3. The minimum Gasteiger partial charge on any atom is -0.366 e. The molecule has 3 atom stereocenters. The predicted octanol–water partition coefficient (Wildman–Crippen LogP) is 2.61. The summed E-state index contributed by atoms with van der Waals surface area (Å²) >= 11 is 0. The van der Waals surface area contributed by atoms with Gasteiger partial charge in [0.25, 0.3) is 0 Å². The second kappa shape index (κ2) is 7.39. The van der Waals surface area contributed by atoms with Crippen LogP contribution in [0.4, 0.5) is 0 Å². The molecule has 4 rings (SSSR count). The van der Waals surface area contributed by atoms with Crippen molar-refractivity contribution in [2.45, 2.75) is 58.0 Å². The maximum absolute atomic E-state index is 12.9. The van der Waals surface area contributed by atoms with E-state index in [1.807, 2.05) is 12.1 Å². The molecule has 2 aliphatic carbocycles. The minimum atomic E-state index is -0.409. The summed E-state index contributed by atoms with van der Waals surface area (Å²) in [4.78, 5) is 28.8. The van der Waals surface area contributed by atoms with Crippen molar-refractivity contribution in [3.63, 3.8) is 0 Å². The first-order valence-electron chi connectivity index (χ1n) is 9.49. The molecule has 142 valence electrons. The SMILES string of the molecule is C.C[C@@H]1CN(C2CCC2)CCN1C(=O)[C@H]1C[C@@H]1c1ccc(C(N)=O)cc1. The van der Waals surface area contributed by atoms with E-state index in [4.69, 9.17) is 5.73 Å². The molecule has 0 spiro atoms. The maximum Gasteiger partial charge on any atom is 0.248 e. The normalized spacial score (nSPS) is 28.8. The highest BCUT2D eigenvalue weighted by Crippen LogP contribution is 2.48. The molecule has 0 aromatic heterocycles. The lowest BCUT2D eigenvalue weighted by Gasteiger charge is -2.46. The van der Waals surface area contributed by atoms with Crippen LogP contribution in [0.15, 0.2) is 24.3 Å². The van der Waals surface area contributed by atoms with Crippen LogP contribution in [-0.4, -0.2) is 53.3 Å². The van der Waals surface area contributed by atoms with Gasteiger partial charge in [-0.2, -0.15) is 0 Å². The highest BCUT2D eigenvalue weighted by Gasteiger charge is 2.47. The number of hydrogen-bond donors (Lipinski definition) is 1. The van der Waals surface area contributed by atoms with Crippen LogP contribution in [0.5, 0.6) is 0 Å². The molecule has 0 unspecified atom stereocenters. The van der Waals surface area contributed by atoms with Gasteiger partial charge in [-0.05, 0) is 49.8 Å². The molecule has 0 bridgehead atoms. The van der Waals surface area contributed by atoms with Crippen LogP contribution >= 0.6 is 0 Å². The van der Waals surface area contributed by atoms with E-state index < -0.39 is 5.91 Å². The van der Waals surface area contributed by atoms with E-state index in [9.17, 15) is 9.59 Å². The fourth-order valence-corrected chi connectivity index (χ4v) is 4.34. The van der Waals surface area contributed by atoms with Crippen molar-refractivity contribution >= 4 is 11.8 Å². The summed E-state index contributed by atoms with van der Waals surface area (Å²) in [6.07, 6.45) is 4.93. The molecular weight excluding hydrogens is 326 g/mol. The number of amides is 2. The molecule has 1 heterocycles. The molecule has 1 saturated heterocycles. The number of nitrogens with zero attached hydrogens (tertiary/aromatic N) is 2. The molecule has 2 saturated carbocycles. The molecule has 2 N–H and O–H groups in total. The summed E-state index contributed by atoms with van der Waals surface area (Å²) in [6, 6.07) is 8.47. The Morgan fingerprint density at radius 2 is 1.81 bits per heavy atom. The molecule has 1 aliphatic heterocycles. The van der Waals surface area contributed by atoms with Gasteiger partial charge in [0.05, 0.1) is 0 Å². The third kappa shape index (κ3) is 3.50. The van der Waals surface area contributed by atoms with Gasteiger partial charge in [0.1, 0.15) is 0 Å². The molecule has 5 heteroatoms. The first-order valence-corrected chi connectivity index (χ1v) is 9.49. The van der Waals surface area contributed by atoms with Gasteiger partial charge in [0, 0.05) is 43.2 Å². The van der Waals surface area contributed by atoms with Gasteiger partial charge in [-0.1, -0.05) is 26.0 Å². The minimum absolute atomic E-state index is 0. The lowest BCUT2D eigenvalue weighted by molar-refractivity contribution is -0.138. The molecule has 1 aromatic carbocycles. The summed E-state index contributed by atoms with van der Waals surface area (Å²) in [7, 11) is 0. The third-order valence-corrected chi connectivity index (χ3v) is 6.26. The number of primary amides is 1. The van der Waals surface area contributed by atoms with Gasteiger partial charge in [-0.15, -0.1) is 0 Å². The van der Waals surface area contributed by atoms with Crippen molar-refractivity contribution in [1.82, 2.24) is 9.80 Å². The van der Waals surface area contributed by atoms with Gasteiger partial charge in [-0.25, -0.2) is 0 Å². The Labute approximate surface area is 156 Å². The van der Waals surface area contributed by atoms with Gasteiger partial charge in [-0.3, -0.25) is 14.5 Å². The Balaban J connectivity index is 0.00000196. The fraction of sp³-hybridized carbons (Fsp3) is 0.619. The first-order chi connectivity index (χ1) is 12.0. The number of nitrogens with two attached hydrogens (primary N) is 1. The zero-order valence-electron chi connectivity index (χ0n) is 14.9. The summed E-state index contributed by atoms with van der Waals surface area (Å²) < 4.78 is 0. The maximum atomic E-state index is 12.9. The van der Waals surface area contributed by atoms with Crippen LogP contribution in [0, 0.1) is 5.92 Å². The van der Waals surface area contributed by atoms with Gasteiger partial charge >= 0.3 is 0 Å². The van der Waals surface area contributed by atoms with Crippen LogP contribution in [-0.2, 0) is 4.79 Å². The van der Waals surface area contributed by atoms with Gasteiger partial charge in [0.2, 0.25) is 11.8 Å². The van der Waals surface area contributed by atoms with E-state index in [0.29, 0.717) is 23.4 Å². The topological polar surface area (TPSA) is 66.6 Å². The van der Waals surface area contributed by atoms with Crippen LogP contribution in [0.2, 0.25) is 0 Å². The smallest absolute Gasteiger partial charge is 0.248 e. The summed E-state index contributed by atoms with van der Waals surface area (Å²) in [5.41, 5.74) is 6.95. The molecule has 0 radical (unpaired) electrons. The van der Waals surface area contributed by atoms with Crippen LogP contribution in [0.1, 0.15) is 61.9 Å². The standard InChI is InChI=1S/C20H27N3O2.CH4/c1-13-12-22(16-3-2-4-16)9-10-23(13)20(25)18-11-17(18)14-5-7-15(8-6-14)19(21)24;/h5-8,13,16-18H,2-4,9-12H2,1H3,(H2,21,24);1H4/t13-,17-,18+;/m1./s1. The Hall–Kier alpha value is -1.88. The van der Waals surface area contributed by atoms with Crippen LogP contribution in [0.25, 0.3) is 0 Å². The van der Waals surface area contributed by atoms with Crippen LogP contribution in [0.3, 0.4) is 0 Å². The Morgan fingerprint density at radius 3 is 2.35 bits per heavy atom. The Bertz CT molecular complexity index is 668. The fourth-order valence-electron chi connectivity index (χ4n) is 4.34. The lowest BCUT2D eigenvalue weighted by Crippen LogP contribution is -2.58. The molecule has 5 nitrogen and oxygen atoms in total. The van der Waals surface area contributed by atoms with Gasteiger partial charge < -0.3 is 10.6 Å². The molecule has 2 amide bonds. The van der Waals surface area contributed by atoms with E-state index in [1.165, 1.54) is 19.3 Å². The average molecular weight is 357 g/mol. The quantitative estimate of drug-likeness (QED) is 0.901. The van der Waals surface area contributed by atoms with Crippen molar-refractivity contribution in [2.24, 2.45) is 11.7 Å². The predicted molar refractivity (Wildman–Crippen MR) is 103 cm³/mol. The molecule has 3 aliphatic rings. The zero-order chi connectivity index (χ0) is 17.6. The van der Waals surface area contributed by atoms with Crippen LogP contribution < -0.4 is 5.73 Å². The molecular formula is C21H31N3O2. The second-order valence-corrected chi connectivity index (χ2v) is 7.90. The van der Waals surface area contributed by atoms with Gasteiger partial charge in [0.15, 0.2) is 0 Å². The van der Waals surface area contributed by atoms with E-state index >= 15 is 0 Å². The number of piperazine rings is 1. The molecule has 1 aromatic rings. The largest absolute Gasteiger partial charge is 0.366 e. The summed E-state index contributed by atoms with van der Waals surface area (Å²) in [5, 5.41) is 0. The number of carbonyl (C=O) groups excluding carboxylic acids is 2. The number of rotatable bonds is 4.